The highest BCUT2D eigenvalue weighted by atomic mass is 16.5. The van der Waals surface area contributed by atoms with E-state index in [4.69, 9.17) is 9.26 Å². The Bertz CT molecular complexity index is 1230. The Kier molecular flexibility index (Phi) is 6.19. The molecule has 0 bridgehead atoms. The average Bonchev–Trinajstić information content (AvgIpc) is 3.42. The number of rotatable bonds is 6. The zero-order chi connectivity index (χ0) is 22.6. The number of carbonyl (C=O) groups excluding carboxylic acids is 1. The second-order valence-corrected chi connectivity index (χ2v) is 8.35. The summed E-state index contributed by atoms with van der Waals surface area (Å²) in [6, 6.07) is 15.5. The highest BCUT2D eigenvalue weighted by molar-refractivity contribution is 5.95. The summed E-state index contributed by atoms with van der Waals surface area (Å²) in [6.45, 7) is 5.51. The number of benzene rings is 2. The van der Waals surface area contributed by atoms with Gasteiger partial charge < -0.3 is 14.2 Å². The van der Waals surface area contributed by atoms with Gasteiger partial charge in [0, 0.05) is 42.3 Å². The van der Waals surface area contributed by atoms with Crippen molar-refractivity contribution >= 4 is 16.9 Å². The van der Waals surface area contributed by atoms with Crippen molar-refractivity contribution in [1.29, 1.82) is 0 Å². The Hall–Kier alpha value is -3.49. The molecule has 8 nitrogen and oxygen atoms in total. The summed E-state index contributed by atoms with van der Waals surface area (Å²) in [5.74, 6) is 0.968. The number of aromatic amines is 1. The number of carbonyl (C=O) groups is 1. The van der Waals surface area contributed by atoms with Gasteiger partial charge in [0.15, 0.2) is 5.82 Å². The molecule has 8 heteroatoms. The van der Waals surface area contributed by atoms with Gasteiger partial charge in [0.05, 0.1) is 19.2 Å². The Balaban J connectivity index is 1.20. The first-order valence-electron chi connectivity index (χ1n) is 11.2. The van der Waals surface area contributed by atoms with Gasteiger partial charge in [-0.2, -0.15) is 4.98 Å². The van der Waals surface area contributed by atoms with E-state index in [1.807, 2.05) is 54.7 Å². The molecule has 0 atom stereocenters. The molecule has 1 saturated heterocycles. The Morgan fingerprint density at radius 3 is 2.64 bits per heavy atom. The van der Waals surface area contributed by atoms with Crippen LogP contribution in [0.5, 0.6) is 0 Å². The molecule has 1 N–H and O–H groups in total. The molecule has 3 heterocycles. The largest absolute Gasteiger partial charge is 0.465 e. The first kappa shape index (κ1) is 21.4. The molecule has 170 valence electrons. The molecule has 0 aliphatic carbocycles. The van der Waals surface area contributed by atoms with Crippen molar-refractivity contribution in [1.82, 2.24) is 24.9 Å². The number of esters is 1. The molecule has 0 amide bonds. The van der Waals surface area contributed by atoms with E-state index in [0.29, 0.717) is 18.0 Å². The summed E-state index contributed by atoms with van der Waals surface area (Å²) in [5.41, 5.74) is 3.69. The molecule has 0 radical (unpaired) electrons. The topological polar surface area (TPSA) is 87.5 Å². The molecule has 0 spiro atoms. The van der Waals surface area contributed by atoms with E-state index in [1.54, 1.807) is 0 Å². The minimum atomic E-state index is -0.321. The number of hydrogen-bond acceptors (Lipinski definition) is 7. The van der Waals surface area contributed by atoms with Crippen LogP contribution >= 0.6 is 0 Å². The third-order valence-electron chi connectivity index (χ3n) is 6.12. The van der Waals surface area contributed by atoms with Crippen LogP contribution in [0.25, 0.3) is 22.4 Å². The lowest BCUT2D eigenvalue weighted by atomic mass is 10.1. The van der Waals surface area contributed by atoms with Crippen molar-refractivity contribution in [3.05, 3.63) is 71.7 Å². The predicted molar refractivity (Wildman–Crippen MR) is 125 cm³/mol. The van der Waals surface area contributed by atoms with Crippen molar-refractivity contribution in [2.24, 2.45) is 0 Å². The molecule has 4 aromatic rings. The Morgan fingerprint density at radius 2 is 1.85 bits per heavy atom. The number of hydrogen-bond donors (Lipinski definition) is 1. The number of methoxy groups -OCH3 is 1. The minimum Gasteiger partial charge on any atom is -0.465 e. The summed E-state index contributed by atoms with van der Waals surface area (Å²) < 4.78 is 10.3. The lowest BCUT2D eigenvalue weighted by molar-refractivity contribution is 0.0601. The molecule has 5 rings (SSSR count). The fraction of sp³-hybridized carbons (Fsp3) is 0.320. The van der Waals surface area contributed by atoms with Gasteiger partial charge in [-0.3, -0.25) is 9.80 Å². The predicted octanol–water partition coefficient (Wildman–Crippen LogP) is 3.71. The smallest absolute Gasteiger partial charge is 0.337 e. The lowest BCUT2D eigenvalue weighted by Crippen LogP contribution is -2.30. The highest BCUT2D eigenvalue weighted by Gasteiger charge is 2.19. The van der Waals surface area contributed by atoms with Crippen molar-refractivity contribution in [3.63, 3.8) is 0 Å². The first-order valence-corrected chi connectivity index (χ1v) is 11.2. The summed E-state index contributed by atoms with van der Waals surface area (Å²) in [7, 11) is 1.40. The van der Waals surface area contributed by atoms with E-state index in [-0.39, 0.29) is 5.97 Å². The monoisotopic (exact) mass is 445 g/mol. The van der Waals surface area contributed by atoms with Crippen molar-refractivity contribution in [3.8, 4) is 11.5 Å². The standard InChI is InChI=1S/C25H27N5O3/c1-32-25(31)19-8-9-21-20(15-26-22(21)14-19)16-29-10-5-11-30(13-12-29)17-23-27-24(33-28-23)18-6-3-2-4-7-18/h2-4,6-9,14-15,26H,5,10-13,16-17H2,1H3. The first-order chi connectivity index (χ1) is 16.2. The summed E-state index contributed by atoms with van der Waals surface area (Å²) in [6.07, 6.45) is 3.12. The van der Waals surface area contributed by atoms with Gasteiger partial charge in [0.2, 0.25) is 0 Å². The molecule has 1 aliphatic heterocycles. The van der Waals surface area contributed by atoms with E-state index < -0.39 is 0 Å². The number of ether oxygens (including phenoxy) is 1. The summed E-state index contributed by atoms with van der Waals surface area (Å²) >= 11 is 0. The zero-order valence-corrected chi connectivity index (χ0v) is 18.7. The van der Waals surface area contributed by atoms with E-state index in [2.05, 4.69) is 24.9 Å². The van der Waals surface area contributed by atoms with Gasteiger partial charge in [-0.15, -0.1) is 0 Å². The van der Waals surface area contributed by atoms with Crippen LogP contribution in [-0.4, -0.2) is 64.2 Å². The molecular formula is C25H27N5O3. The molecule has 0 unspecified atom stereocenters. The van der Waals surface area contributed by atoms with Gasteiger partial charge in [-0.05, 0) is 49.3 Å². The van der Waals surface area contributed by atoms with Gasteiger partial charge in [-0.25, -0.2) is 4.79 Å². The van der Waals surface area contributed by atoms with E-state index in [0.717, 1.165) is 61.4 Å². The molecular weight excluding hydrogens is 418 g/mol. The van der Waals surface area contributed by atoms with E-state index >= 15 is 0 Å². The van der Waals surface area contributed by atoms with Crippen LogP contribution in [0.15, 0.2) is 59.3 Å². The van der Waals surface area contributed by atoms with E-state index in [1.165, 1.54) is 12.7 Å². The molecule has 33 heavy (non-hydrogen) atoms. The lowest BCUT2D eigenvalue weighted by Gasteiger charge is -2.20. The second kappa shape index (κ2) is 9.56. The summed E-state index contributed by atoms with van der Waals surface area (Å²) in [4.78, 5) is 24.5. The number of nitrogens with zero attached hydrogens (tertiary/aromatic N) is 4. The van der Waals surface area contributed by atoms with Gasteiger partial charge in [-0.1, -0.05) is 29.4 Å². The molecule has 0 saturated carbocycles. The Labute approximate surface area is 192 Å². The molecule has 1 fully saturated rings. The molecule has 1 aliphatic rings. The van der Waals surface area contributed by atoms with Crippen LogP contribution in [0.2, 0.25) is 0 Å². The number of nitrogens with one attached hydrogen (secondary N) is 1. The van der Waals surface area contributed by atoms with Gasteiger partial charge >= 0.3 is 5.97 Å². The maximum absolute atomic E-state index is 11.8. The van der Waals surface area contributed by atoms with Crippen LogP contribution in [0, 0.1) is 0 Å². The Morgan fingerprint density at radius 1 is 1.06 bits per heavy atom. The third kappa shape index (κ3) is 4.81. The maximum atomic E-state index is 11.8. The van der Waals surface area contributed by atoms with Crippen LogP contribution in [0.3, 0.4) is 0 Å². The van der Waals surface area contributed by atoms with Gasteiger partial charge in [0.1, 0.15) is 0 Å². The molecule has 2 aromatic heterocycles. The van der Waals surface area contributed by atoms with Crippen molar-refractivity contribution in [2.45, 2.75) is 19.5 Å². The quantitative estimate of drug-likeness (QED) is 0.453. The minimum absolute atomic E-state index is 0.321. The maximum Gasteiger partial charge on any atom is 0.337 e. The zero-order valence-electron chi connectivity index (χ0n) is 18.7. The van der Waals surface area contributed by atoms with Gasteiger partial charge in [0.25, 0.3) is 5.89 Å². The van der Waals surface area contributed by atoms with Crippen molar-refractivity contribution in [2.75, 3.05) is 33.3 Å². The number of aromatic nitrogens is 3. The normalized spacial score (nSPS) is 15.5. The fourth-order valence-corrected chi connectivity index (χ4v) is 4.36. The highest BCUT2D eigenvalue weighted by Crippen LogP contribution is 2.22. The average molecular weight is 446 g/mol. The fourth-order valence-electron chi connectivity index (χ4n) is 4.36. The van der Waals surface area contributed by atoms with Crippen LogP contribution in [-0.2, 0) is 17.8 Å². The summed E-state index contributed by atoms with van der Waals surface area (Å²) in [5, 5.41) is 5.32. The van der Waals surface area contributed by atoms with Crippen molar-refractivity contribution < 1.29 is 14.1 Å². The number of H-pyrrole nitrogens is 1. The van der Waals surface area contributed by atoms with Crippen LogP contribution < -0.4 is 0 Å². The van der Waals surface area contributed by atoms with E-state index in [9.17, 15) is 4.79 Å². The second-order valence-electron chi connectivity index (χ2n) is 8.35. The number of fused-ring (bicyclic) bond motifs is 1. The SMILES string of the molecule is COC(=O)c1ccc2c(CN3CCCN(Cc4noc(-c5ccccc5)n4)CC3)c[nH]c2c1. The molecule has 2 aromatic carbocycles. The third-order valence-corrected chi connectivity index (χ3v) is 6.12. The van der Waals surface area contributed by atoms with Crippen LogP contribution in [0.4, 0.5) is 0 Å². The van der Waals surface area contributed by atoms with Crippen LogP contribution in [0.1, 0.15) is 28.2 Å².